The number of anilines is 1. The number of hydrogen-bond acceptors (Lipinski definition) is 6. The normalized spacial score (nSPS) is 27.2. The highest BCUT2D eigenvalue weighted by atomic mass is 79.9. The molecule has 1 N–H and O–H groups in total. The van der Waals surface area contributed by atoms with Gasteiger partial charge in [0, 0.05) is 43.3 Å². The van der Waals surface area contributed by atoms with Crippen molar-refractivity contribution in [2.24, 2.45) is 11.8 Å². The van der Waals surface area contributed by atoms with Gasteiger partial charge in [0.1, 0.15) is 17.4 Å². The molecule has 2 bridgehead atoms. The van der Waals surface area contributed by atoms with Gasteiger partial charge in [-0.25, -0.2) is 0 Å². The number of carbonyl (C=O) groups is 3. The van der Waals surface area contributed by atoms with E-state index in [9.17, 15) is 19.5 Å². The molecule has 1 spiro atoms. The highest BCUT2D eigenvalue weighted by Crippen LogP contribution is 2.60. The number of nitrogens with zero attached hydrogens (tertiary/aromatic N) is 3. The van der Waals surface area contributed by atoms with Gasteiger partial charge in [-0.3, -0.25) is 14.4 Å². The van der Waals surface area contributed by atoms with Crippen molar-refractivity contribution >= 4 is 39.3 Å². The van der Waals surface area contributed by atoms with E-state index in [0.29, 0.717) is 56.9 Å². The zero-order valence-electron chi connectivity index (χ0n) is 25.5. The van der Waals surface area contributed by atoms with Crippen LogP contribution in [0.3, 0.4) is 0 Å². The van der Waals surface area contributed by atoms with Gasteiger partial charge in [-0.05, 0) is 63.3 Å². The molecule has 1 aromatic rings. The number of rotatable bonds is 17. The Morgan fingerprint density at radius 1 is 1.12 bits per heavy atom. The largest absolute Gasteiger partial charge is 0.494 e. The van der Waals surface area contributed by atoms with Crippen LogP contribution in [0.4, 0.5) is 5.69 Å². The molecule has 3 saturated heterocycles. The van der Waals surface area contributed by atoms with E-state index in [-0.39, 0.29) is 35.7 Å². The minimum Gasteiger partial charge on any atom is -0.494 e. The van der Waals surface area contributed by atoms with Crippen LogP contribution in [0, 0.1) is 11.8 Å². The van der Waals surface area contributed by atoms with Gasteiger partial charge in [-0.15, -0.1) is 13.2 Å². The van der Waals surface area contributed by atoms with Crippen LogP contribution >= 0.6 is 15.9 Å². The van der Waals surface area contributed by atoms with E-state index in [0.717, 1.165) is 19.3 Å². The number of aliphatic hydroxyl groups excluding tert-OH is 1. The van der Waals surface area contributed by atoms with Gasteiger partial charge in [0.25, 0.3) is 0 Å². The number of carbonyl (C=O) groups excluding carboxylic acids is 3. The molecular weight excluding hydrogens is 614 g/mol. The molecule has 236 valence electrons. The molecule has 3 aliphatic rings. The van der Waals surface area contributed by atoms with Crippen LogP contribution in [0.2, 0.25) is 0 Å². The fourth-order valence-corrected chi connectivity index (χ4v) is 7.93. The van der Waals surface area contributed by atoms with E-state index in [1.165, 1.54) is 0 Å². The summed E-state index contributed by atoms with van der Waals surface area (Å²) in [5.41, 5.74) is -0.443. The molecule has 4 rings (SSSR count). The molecule has 0 saturated carbocycles. The number of hydrogen-bond donors (Lipinski definition) is 1. The van der Waals surface area contributed by atoms with Crippen molar-refractivity contribution < 1.29 is 29.0 Å². The Balaban J connectivity index is 1.72. The predicted molar refractivity (Wildman–Crippen MR) is 170 cm³/mol. The Hall–Kier alpha value is -2.69. The molecule has 3 heterocycles. The van der Waals surface area contributed by atoms with Crippen LogP contribution < -0.4 is 9.64 Å². The van der Waals surface area contributed by atoms with E-state index >= 15 is 0 Å². The first-order valence-electron chi connectivity index (χ1n) is 15.6. The number of fused-ring (bicyclic) bond motifs is 1. The third-order valence-corrected chi connectivity index (χ3v) is 9.69. The summed E-state index contributed by atoms with van der Waals surface area (Å²) in [5.74, 6) is -1.43. The maximum absolute atomic E-state index is 14.5. The molecule has 1 aromatic carbocycles. The lowest BCUT2D eigenvalue weighted by molar-refractivity contribution is -0.147. The summed E-state index contributed by atoms with van der Waals surface area (Å²) in [6.07, 6.45) is 7.03. The van der Waals surface area contributed by atoms with Crippen molar-refractivity contribution in [2.75, 3.05) is 44.3 Å². The van der Waals surface area contributed by atoms with Gasteiger partial charge in [0.2, 0.25) is 17.7 Å². The van der Waals surface area contributed by atoms with E-state index in [1.54, 1.807) is 26.9 Å². The number of amides is 3. The van der Waals surface area contributed by atoms with Crippen LogP contribution in [-0.2, 0) is 19.1 Å². The molecule has 0 aromatic heterocycles. The summed E-state index contributed by atoms with van der Waals surface area (Å²) < 4.78 is 12.3. The maximum atomic E-state index is 14.5. The summed E-state index contributed by atoms with van der Waals surface area (Å²) in [5, 5.41) is 9.31. The molecular formula is C33H46BrN3O6. The quantitative estimate of drug-likeness (QED) is 0.152. The predicted octanol–water partition coefficient (Wildman–Crippen LogP) is 4.33. The van der Waals surface area contributed by atoms with E-state index in [1.807, 2.05) is 31.2 Å². The molecule has 9 nitrogen and oxygen atoms in total. The van der Waals surface area contributed by atoms with Crippen LogP contribution in [0.1, 0.15) is 52.4 Å². The zero-order chi connectivity index (χ0) is 31.1. The lowest BCUT2D eigenvalue weighted by atomic mass is 9.70. The van der Waals surface area contributed by atoms with Gasteiger partial charge in [0.05, 0.1) is 24.5 Å². The zero-order valence-corrected chi connectivity index (χ0v) is 27.0. The number of alkyl halides is 1. The first-order chi connectivity index (χ1) is 20.8. The minimum absolute atomic E-state index is 0.0737. The van der Waals surface area contributed by atoms with Gasteiger partial charge in [-0.2, -0.15) is 0 Å². The second kappa shape index (κ2) is 14.9. The third-order valence-electron chi connectivity index (χ3n) is 8.85. The average molecular weight is 661 g/mol. The Morgan fingerprint density at radius 3 is 2.47 bits per heavy atom. The Labute approximate surface area is 264 Å². The smallest absolute Gasteiger partial charge is 0.248 e. The molecule has 3 fully saturated rings. The Morgan fingerprint density at radius 2 is 1.84 bits per heavy atom. The molecule has 43 heavy (non-hydrogen) atoms. The molecule has 0 aliphatic carbocycles. The number of likely N-dealkylation sites (tertiary alicyclic amines) is 1. The number of aliphatic hydroxyl groups is 1. The van der Waals surface area contributed by atoms with E-state index in [4.69, 9.17) is 9.47 Å². The van der Waals surface area contributed by atoms with Gasteiger partial charge in [0.15, 0.2) is 0 Å². The number of ether oxygens (including phenoxy) is 2. The molecule has 10 heteroatoms. The summed E-state index contributed by atoms with van der Waals surface area (Å²) in [7, 11) is 0. The number of unbranched alkanes of at least 4 members (excludes halogenated alkanes) is 3. The number of halogens is 1. The van der Waals surface area contributed by atoms with Crippen LogP contribution in [-0.4, -0.2) is 94.6 Å². The van der Waals surface area contributed by atoms with Gasteiger partial charge < -0.3 is 29.3 Å². The van der Waals surface area contributed by atoms with Crippen molar-refractivity contribution in [1.82, 2.24) is 9.80 Å². The maximum Gasteiger partial charge on any atom is 0.248 e. The minimum atomic E-state index is -1.12. The van der Waals surface area contributed by atoms with Crippen molar-refractivity contribution in [3.05, 3.63) is 49.6 Å². The van der Waals surface area contributed by atoms with Crippen LogP contribution in [0.15, 0.2) is 49.6 Å². The highest BCUT2D eigenvalue weighted by Gasteiger charge is 2.76. The molecule has 0 radical (unpaired) electrons. The van der Waals surface area contributed by atoms with Crippen LogP contribution in [0.5, 0.6) is 5.75 Å². The fraction of sp³-hybridized carbons (Fsp3) is 0.606. The average Bonchev–Trinajstić information content (AvgIpc) is 3.59. The highest BCUT2D eigenvalue weighted by molar-refractivity contribution is 9.09. The summed E-state index contributed by atoms with van der Waals surface area (Å²) >= 11 is 3.77. The summed E-state index contributed by atoms with van der Waals surface area (Å²) in [4.78, 5) is 48.1. The second-order valence-electron chi connectivity index (χ2n) is 11.6. The summed E-state index contributed by atoms with van der Waals surface area (Å²) in [6, 6.07) is 6.47. The van der Waals surface area contributed by atoms with E-state index < -0.39 is 29.6 Å². The molecule has 3 amide bonds. The fourth-order valence-electron chi connectivity index (χ4n) is 6.99. The summed E-state index contributed by atoms with van der Waals surface area (Å²) in [6.45, 7) is 13.9. The Kier molecular flexibility index (Phi) is 11.5. The monoisotopic (exact) mass is 659 g/mol. The van der Waals surface area contributed by atoms with Gasteiger partial charge in [-0.1, -0.05) is 41.4 Å². The first kappa shape index (κ1) is 33.2. The standard InChI is InChI=1S/C33H46BrN3O6/c1-5-9-19-35(17-6-2)32(41)29-33-22-25(34)28(43-33)26(27(33)31(40)37(29)20-11-10-12-21-38)30(39)36(18-7-3)23-13-15-24(16-14-23)42-8-4/h6-7,13-16,25-29,38H,2-3,5,8-12,17-22H2,1,4H3/t25?,26-,27-,28-,29?,33?/m0/s1. The number of benzene rings is 1. The SMILES string of the molecule is C=CCN(CCCC)C(=O)C1N(CCCCCO)C(=O)[C@@H]2[C@H](C(=O)N(CC=C)c3ccc(OCC)cc3)[C@H]3OC12CC3Br. The Bertz CT molecular complexity index is 1160. The first-order valence-corrected chi connectivity index (χ1v) is 16.5. The van der Waals surface area contributed by atoms with Crippen molar-refractivity contribution in [2.45, 2.75) is 74.9 Å². The van der Waals surface area contributed by atoms with E-state index in [2.05, 4.69) is 36.0 Å². The topological polar surface area (TPSA) is 99.6 Å². The third kappa shape index (κ3) is 6.42. The van der Waals surface area contributed by atoms with Crippen molar-refractivity contribution in [3.63, 3.8) is 0 Å². The van der Waals surface area contributed by atoms with Crippen LogP contribution in [0.25, 0.3) is 0 Å². The molecule has 3 unspecified atom stereocenters. The lowest BCUT2D eigenvalue weighted by Gasteiger charge is -2.37. The lowest BCUT2D eigenvalue weighted by Crippen LogP contribution is -2.57. The molecule has 6 atom stereocenters. The second-order valence-corrected chi connectivity index (χ2v) is 12.7. The van der Waals surface area contributed by atoms with Crippen molar-refractivity contribution in [3.8, 4) is 5.75 Å². The molecule has 3 aliphatic heterocycles. The van der Waals surface area contributed by atoms with Crippen molar-refractivity contribution in [1.29, 1.82) is 0 Å². The van der Waals surface area contributed by atoms with Gasteiger partial charge >= 0.3 is 0 Å².